The van der Waals surface area contributed by atoms with Crippen LogP contribution >= 0.6 is 11.8 Å². The maximum Gasteiger partial charge on any atom is 0.287 e. The molecule has 168 valence electrons. The largest absolute Gasteiger partial charge is 0.468 e. The molecule has 2 bridgehead atoms. The summed E-state index contributed by atoms with van der Waals surface area (Å²) >= 11 is 1.64. The highest BCUT2D eigenvalue weighted by Crippen LogP contribution is 2.71. The Labute approximate surface area is 183 Å². The SMILES string of the molecule is COc1occ2c1CC[C@@]1(C)[C@H]2C2C[C@]([C@H](OCSC)[C@]3(C(C)C)CO3)(O2)[C@]1(C)O. The van der Waals surface area contributed by atoms with Gasteiger partial charge in [-0.25, -0.2) is 0 Å². The number of methoxy groups -OCH3 is 1. The Morgan fingerprint density at radius 2 is 2.03 bits per heavy atom. The fourth-order valence-corrected chi connectivity index (χ4v) is 7.01. The number of furan rings is 1. The van der Waals surface area contributed by atoms with Crippen LogP contribution in [0.1, 0.15) is 57.6 Å². The number of fused-ring (bicyclic) bond motifs is 1. The fraction of sp³-hybridized carbons (Fsp3) is 0.826. The first kappa shape index (κ1) is 21.1. The van der Waals surface area contributed by atoms with Crippen molar-refractivity contribution in [1.29, 1.82) is 0 Å². The number of aliphatic hydroxyl groups is 1. The molecule has 6 rings (SSSR count). The summed E-state index contributed by atoms with van der Waals surface area (Å²) in [6, 6.07) is 0. The smallest absolute Gasteiger partial charge is 0.287 e. The molecule has 2 aliphatic carbocycles. The van der Waals surface area contributed by atoms with Crippen LogP contribution in [-0.2, 0) is 20.6 Å². The third kappa shape index (κ3) is 2.36. The molecule has 0 aromatic carbocycles. The van der Waals surface area contributed by atoms with Gasteiger partial charge in [-0.2, -0.15) is 0 Å². The molecule has 0 radical (unpaired) electrons. The van der Waals surface area contributed by atoms with Crippen LogP contribution in [0.4, 0.5) is 0 Å². The van der Waals surface area contributed by atoms with Crippen LogP contribution in [0, 0.1) is 11.3 Å². The Balaban J connectivity index is 1.56. The molecule has 1 saturated carbocycles. The van der Waals surface area contributed by atoms with Gasteiger partial charge in [-0.05, 0) is 31.9 Å². The monoisotopic (exact) mass is 438 g/mol. The van der Waals surface area contributed by atoms with E-state index in [0.29, 0.717) is 18.5 Å². The zero-order valence-electron chi connectivity index (χ0n) is 18.8. The molecule has 1 aromatic heterocycles. The van der Waals surface area contributed by atoms with Crippen molar-refractivity contribution < 1.29 is 28.5 Å². The number of hydrogen-bond donors (Lipinski definition) is 1. The lowest BCUT2D eigenvalue weighted by atomic mass is 9.43. The average molecular weight is 439 g/mol. The van der Waals surface area contributed by atoms with E-state index in [1.807, 2.05) is 19.4 Å². The normalized spacial score (nSPS) is 44.8. The Morgan fingerprint density at radius 1 is 1.33 bits per heavy atom. The molecule has 4 heterocycles. The zero-order chi connectivity index (χ0) is 21.5. The molecule has 4 fully saturated rings. The van der Waals surface area contributed by atoms with Crippen molar-refractivity contribution in [3.05, 3.63) is 17.4 Å². The van der Waals surface area contributed by atoms with E-state index < -0.39 is 16.8 Å². The summed E-state index contributed by atoms with van der Waals surface area (Å²) in [5.41, 5.74) is -0.361. The molecule has 6 nitrogen and oxygen atoms in total. The summed E-state index contributed by atoms with van der Waals surface area (Å²) in [6.07, 6.45) is 5.98. The number of hydrogen-bond acceptors (Lipinski definition) is 7. The van der Waals surface area contributed by atoms with E-state index in [9.17, 15) is 5.11 Å². The van der Waals surface area contributed by atoms with E-state index >= 15 is 0 Å². The van der Waals surface area contributed by atoms with Gasteiger partial charge in [-0.15, -0.1) is 11.8 Å². The molecular weight excluding hydrogens is 404 g/mol. The van der Waals surface area contributed by atoms with Crippen molar-refractivity contribution in [2.24, 2.45) is 11.3 Å². The van der Waals surface area contributed by atoms with Gasteiger partial charge < -0.3 is 28.5 Å². The first-order valence-corrected chi connectivity index (χ1v) is 12.4. The standard InChI is InChI=1S/C23H34O6S/c1-13(2)22(11-28-22)19(27-12-30-6)23-9-16(29-23)17-15-10-26-18(25-5)14(15)7-8-20(17,3)21(23,4)24/h10,13,16-17,19,24H,7-9,11-12H2,1-6H3/t16?,17-,19-,20+,21-,22-,23-/m1/s1. The van der Waals surface area contributed by atoms with Crippen molar-refractivity contribution in [3.8, 4) is 5.95 Å². The van der Waals surface area contributed by atoms with Gasteiger partial charge in [0.15, 0.2) is 0 Å². The third-order valence-corrected chi connectivity index (χ3v) is 9.21. The van der Waals surface area contributed by atoms with E-state index in [1.165, 1.54) is 0 Å². The van der Waals surface area contributed by atoms with Crippen molar-refractivity contribution in [2.45, 2.75) is 81.9 Å². The lowest BCUT2D eigenvalue weighted by Crippen LogP contribution is -2.83. The first-order chi connectivity index (χ1) is 14.2. The van der Waals surface area contributed by atoms with Crippen LogP contribution in [0.3, 0.4) is 0 Å². The van der Waals surface area contributed by atoms with Crippen molar-refractivity contribution >= 4 is 11.8 Å². The number of thioether (sulfide) groups is 1. The quantitative estimate of drug-likeness (QED) is 0.513. The number of ether oxygens (including phenoxy) is 4. The van der Waals surface area contributed by atoms with Crippen LogP contribution in [0.2, 0.25) is 0 Å². The predicted molar refractivity (Wildman–Crippen MR) is 114 cm³/mol. The van der Waals surface area contributed by atoms with Crippen molar-refractivity contribution in [2.75, 3.05) is 25.9 Å². The Bertz CT molecular complexity index is 822. The van der Waals surface area contributed by atoms with Gasteiger partial charge in [0.1, 0.15) is 17.3 Å². The van der Waals surface area contributed by atoms with Gasteiger partial charge in [0, 0.05) is 28.9 Å². The summed E-state index contributed by atoms with van der Waals surface area (Å²) in [4.78, 5) is 0. The van der Waals surface area contributed by atoms with E-state index in [4.69, 9.17) is 23.4 Å². The highest BCUT2D eigenvalue weighted by Gasteiger charge is 2.80. The van der Waals surface area contributed by atoms with Crippen LogP contribution in [0.15, 0.2) is 10.7 Å². The molecule has 1 unspecified atom stereocenters. The predicted octanol–water partition coefficient (Wildman–Crippen LogP) is 3.75. The summed E-state index contributed by atoms with van der Waals surface area (Å²) in [5, 5.41) is 12.3. The van der Waals surface area contributed by atoms with Gasteiger partial charge in [0.05, 0.1) is 37.6 Å². The third-order valence-electron chi connectivity index (χ3n) is 8.84. The molecule has 1 aromatic rings. The van der Waals surface area contributed by atoms with Crippen LogP contribution < -0.4 is 4.74 Å². The summed E-state index contributed by atoms with van der Waals surface area (Å²) in [5.74, 6) is 1.49. The van der Waals surface area contributed by atoms with Crippen molar-refractivity contribution in [3.63, 3.8) is 0 Å². The molecule has 3 saturated heterocycles. The Morgan fingerprint density at radius 3 is 2.60 bits per heavy atom. The highest BCUT2D eigenvalue weighted by atomic mass is 32.2. The maximum absolute atomic E-state index is 12.3. The average Bonchev–Trinajstić information content (AvgIpc) is 3.37. The summed E-state index contributed by atoms with van der Waals surface area (Å²) in [6.45, 7) is 9.16. The summed E-state index contributed by atoms with van der Waals surface area (Å²) in [7, 11) is 1.64. The zero-order valence-corrected chi connectivity index (χ0v) is 19.6. The minimum atomic E-state index is -1.08. The fourth-order valence-electron chi connectivity index (χ4n) is 6.74. The van der Waals surface area contributed by atoms with Gasteiger partial charge in [0.25, 0.3) is 5.95 Å². The molecular formula is C23H34O6S. The van der Waals surface area contributed by atoms with E-state index in [1.54, 1.807) is 18.9 Å². The maximum atomic E-state index is 12.3. The number of epoxide rings is 1. The van der Waals surface area contributed by atoms with Gasteiger partial charge in [0.2, 0.25) is 0 Å². The molecule has 30 heavy (non-hydrogen) atoms. The van der Waals surface area contributed by atoms with Crippen LogP contribution in [-0.4, -0.2) is 60.0 Å². The second-order valence-electron chi connectivity index (χ2n) is 10.2. The van der Waals surface area contributed by atoms with Crippen molar-refractivity contribution in [1.82, 2.24) is 0 Å². The van der Waals surface area contributed by atoms with E-state index in [0.717, 1.165) is 30.4 Å². The van der Waals surface area contributed by atoms with Crippen LogP contribution in [0.5, 0.6) is 5.95 Å². The van der Waals surface area contributed by atoms with Gasteiger partial charge in [-0.3, -0.25) is 0 Å². The molecule has 0 amide bonds. The second kappa shape index (κ2) is 6.64. The molecule has 7 heteroatoms. The van der Waals surface area contributed by atoms with Gasteiger partial charge >= 0.3 is 0 Å². The molecule has 0 spiro atoms. The van der Waals surface area contributed by atoms with Gasteiger partial charge in [-0.1, -0.05) is 20.8 Å². The topological polar surface area (TPSA) is 73.6 Å². The second-order valence-corrected chi connectivity index (χ2v) is 11.0. The lowest BCUT2D eigenvalue weighted by molar-refractivity contribution is -0.403. The minimum absolute atomic E-state index is 0.0277. The number of rotatable bonds is 7. The molecule has 3 aliphatic heterocycles. The van der Waals surface area contributed by atoms with E-state index in [2.05, 4.69) is 20.8 Å². The highest BCUT2D eigenvalue weighted by molar-refractivity contribution is 7.98. The molecule has 7 atom stereocenters. The minimum Gasteiger partial charge on any atom is -0.468 e. The Hall–Kier alpha value is -0.730. The molecule has 5 aliphatic rings. The van der Waals surface area contributed by atoms with E-state index in [-0.39, 0.29) is 29.5 Å². The Kier molecular flexibility index (Phi) is 4.68. The summed E-state index contributed by atoms with van der Waals surface area (Å²) < 4.78 is 30.3. The molecule has 1 N–H and O–H groups in total. The van der Waals surface area contributed by atoms with Crippen LogP contribution in [0.25, 0.3) is 0 Å². The lowest BCUT2D eigenvalue weighted by Gasteiger charge is -2.73. The first-order valence-electron chi connectivity index (χ1n) is 11.0.